The van der Waals surface area contributed by atoms with Crippen LogP contribution in [-0.4, -0.2) is 10.7 Å². The van der Waals surface area contributed by atoms with Gasteiger partial charge < -0.3 is 4.40 Å². The normalized spacial score (nSPS) is 10.7. The Morgan fingerprint density at radius 1 is 1.00 bits per heavy atom. The van der Waals surface area contributed by atoms with E-state index in [0.717, 1.165) is 23.1 Å². The first-order valence-corrected chi connectivity index (χ1v) is 5.98. The van der Waals surface area contributed by atoms with Gasteiger partial charge >= 0.3 is 0 Å². The first-order chi connectivity index (χ1) is 8.79. The Balaban J connectivity index is 2.24. The van der Waals surface area contributed by atoms with Crippen molar-refractivity contribution in [2.24, 2.45) is 0 Å². The third kappa shape index (κ3) is 1.71. The zero-order chi connectivity index (χ0) is 12.5. The van der Waals surface area contributed by atoms with Crippen molar-refractivity contribution in [2.75, 3.05) is 0 Å². The number of halogens is 1. The number of rotatable bonds is 2. The van der Waals surface area contributed by atoms with Crippen molar-refractivity contribution in [3.8, 4) is 11.3 Å². The molecule has 2 aromatic heterocycles. The predicted octanol–water partition coefficient (Wildman–Crippen LogP) is 4.07. The van der Waals surface area contributed by atoms with Crippen LogP contribution in [0.15, 0.2) is 54.7 Å². The van der Waals surface area contributed by atoms with Crippen LogP contribution in [0.5, 0.6) is 0 Å². The van der Waals surface area contributed by atoms with E-state index in [4.69, 9.17) is 11.6 Å². The second-order valence-electron chi connectivity index (χ2n) is 4.06. The van der Waals surface area contributed by atoms with E-state index < -0.39 is 0 Å². The average molecular weight is 256 g/mol. The lowest BCUT2D eigenvalue weighted by Gasteiger charge is -2.04. The van der Waals surface area contributed by atoms with Crippen LogP contribution in [0.1, 0.15) is 10.4 Å². The summed E-state index contributed by atoms with van der Waals surface area (Å²) in [6, 6.07) is 15.3. The van der Waals surface area contributed by atoms with Crippen molar-refractivity contribution in [1.29, 1.82) is 0 Å². The lowest BCUT2D eigenvalue weighted by molar-refractivity contribution is 0.112. The lowest BCUT2D eigenvalue weighted by atomic mass is 10.1. The number of hydrogen-bond donors (Lipinski definition) is 0. The van der Waals surface area contributed by atoms with Crippen LogP contribution in [0.25, 0.3) is 16.8 Å². The summed E-state index contributed by atoms with van der Waals surface area (Å²) in [5, 5.41) is 0.716. The molecule has 2 nitrogen and oxygen atoms in total. The first-order valence-electron chi connectivity index (χ1n) is 5.61. The molecule has 0 aliphatic carbocycles. The van der Waals surface area contributed by atoms with E-state index in [9.17, 15) is 4.79 Å². The third-order valence-corrected chi connectivity index (χ3v) is 3.24. The monoisotopic (exact) mass is 255 g/mol. The third-order valence-electron chi connectivity index (χ3n) is 2.99. The summed E-state index contributed by atoms with van der Waals surface area (Å²) in [7, 11) is 0. The SMILES string of the molecule is O=Cc1cccn2c(-c3ccc(Cl)cc3)ccc12. The van der Waals surface area contributed by atoms with Crippen LogP contribution < -0.4 is 0 Å². The maximum absolute atomic E-state index is 11.0. The highest BCUT2D eigenvalue weighted by Gasteiger charge is 2.06. The van der Waals surface area contributed by atoms with Crippen LogP contribution in [0.4, 0.5) is 0 Å². The molecule has 3 aromatic rings. The Bertz CT molecular complexity index is 713. The number of aromatic nitrogens is 1. The molecule has 3 rings (SSSR count). The molecule has 3 heteroatoms. The quantitative estimate of drug-likeness (QED) is 0.633. The van der Waals surface area contributed by atoms with Gasteiger partial charge in [0.2, 0.25) is 0 Å². The highest BCUT2D eigenvalue weighted by atomic mass is 35.5. The van der Waals surface area contributed by atoms with Gasteiger partial charge in [0.25, 0.3) is 0 Å². The summed E-state index contributed by atoms with van der Waals surface area (Å²) >= 11 is 5.89. The molecule has 0 atom stereocenters. The molecule has 0 aliphatic rings. The number of fused-ring (bicyclic) bond motifs is 1. The number of pyridine rings is 1. The van der Waals surface area contributed by atoms with Crippen LogP contribution in [0, 0.1) is 0 Å². The molecule has 18 heavy (non-hydrogen) atoms. The molecule has 0 radical (unpaired) electrons. The van der Waals surface area contributed by atoms with E-state index in [1.807, 2.05) is 59.1 Å². The molecule has 2 heterocycles. The second-order valence-corrected chi connectivity index (χ2v) is 4.50. The smallest absolute Gasteiger partial charge is 0.152 e. The number of carbonyl (C=O) groups is 1. The fraction of sp³-hybridized carbons (Fsp3) is 0. The Morgan fingerprint density at radius 3 is 2.50 bits per heavy atom. The van der Waals surface area contributed by atoms with Crippen molar-refractivity contribution in [1.82, 2.24) is 4.40 Å². The first kappa shape index (κ1) is 11.1. The number of aldehydes is 1. The molecule has 88 valence electrons. The van der Waals surface area contributed by atoms with Gasteiger partial charge in [-0.1, -0.05) is 23.7 Å². The van der Waals surface area contributed by atoms with Crippen LogP contribution in [0.2, 0.25) is 5.02 Å². The number of benzene rings is 1. The Kier molecular flexibility index (Phi) is 2.65. The molecule has 0 saturated heterocycles. The fourth-order valence-electron chi connectivity index (χ4n) is 2.12. The molecule has 0 saturated carbocycles. The fourth-order valence-corrected chi connectivity index (χ4v) is 2.24. The highest BCUT2D eigenvalue weighted by molar-refractivity contribution is 6.30. The van der Waals surface area contributed by atoms with Gasteiger partial charge in [-0.05, 0) is 42.0 Å². The van der Waals surface area contributed by atoms with E-state index in [2.05, 4.69) is 0 Å². The standard InChI is InChI=1S/C15H10ClNO/c16-13-5-3-11(4-6-13)14-7-8-15-12(10-18)2-1-9-17(14)15/h1-10H. The van der Waals surface area contributed by atoms with Crippen LogP contribution in [-0.2, 0) is 0 Å². The van der Waals surface area contributed by atoms with Crippen molar-refractivity contribution < 1.29 is 4.79 Å². The minimum absolute atomic E-state index is 0.692. The van der Waals surface area contributed by atoms with Crippen molar-refractivity contribution in [3.63, 3.8) is 0 Å². The van der Waals surface area contributed by atoms with E-state index in [0.29, 0.717) is 10.6 Å². The molecular formula is C15H10ClNO. The predicted molar refractivity (Wildman–Crippen MR) is 73.2 cm³/mol. The Morgan fingerprint density at radius 2 is 1.78 bits per heavy atom. The zero-order valence-corrected chi connectivity index (χ0v) is 10.3. The molecule has 0 N–H and O–H groups in total. The van der Waals surface area contributed by atoms with Gasteiger partial charge in [0.15, 0.2) is 6.29 Å². The maximum Gasteiger partial charge on any atom is 0.152 e. The summed E-state index contributed by atoms with van der Waals surface area (Å²) in [6.45, 7) is 0. The summed E-state index contributed by atoms with van der Waals surface area (Å²) in [4.78, 5) is 11.0. The van der Waals surface area contributed by atoms with Gasteiger partial charge in [-0.2, -0.15) is 0 Å². The molecule has 0 bridgehead atoms. The topological polar surface area (TPSA) is 21.5 Å². The second kappa shape index (κ2) is 4.31. The summed E-state index contributed by atoms with van der Waals surface area (Å²) in [5.74, 6) is 0. The molecule has 0 amide bonds. The lowest BCUT2D eigenvalue weighted by Crippen LogP contribution is -1.91. The minimum atomic E-state index is 0.692. The Hall–Kier alpha value is -2.06. The van der Waals surface area contributed by atoms with Crippen molar-refractivity contribution in [3.05, 3.63) is 65.3 Å². The number of carbonyl (C=O) groups excluding carboxylic acids is 1. The highest BCUT2D eigenvalue weighted by Crippen LogP contribution is 2.25. The summed E-state index contributed by atoms with van der Waals surface area (Å²) in [5.41, 5.74) is 3.72. The number of hydrogen-bond acceptors (Lipinski definition) is 1. The van der Waals surface area contributed by atoms with Crippen LogP contribution in [0.3, 0.4) is 0 Å². The van der Waals surface area contributed by atoms with Gasteiger partial charge in [0, 0.05) is 16.8 Å². The Labute approximate surface area is 109 Å². The maximum atomic E-state index is 11.0. The molecule has 1 aromatic carbocycles. The van der Waals surface area contributed by atoms with Gasteiger partial charge in [-0.3, -0.25) is 4.79 Å². The summed E-state index contributed by atoms with van der Waals surface area (Å²) < 4.78 is 2.01. The molecule has 0 fully saturated rings. The average Bonchev–Trinajstić information content (AvgIpc) is 2.83. The van der Waals surface area contributed by atoms with Gasteiger partial charge in [0.05, 0.1) is 11.2 Å². The van der Waals surface area contributed by atoms with E-state index >= 15 is 0 Å². The zero-order valence-electron chi connectivity index (χ0n) is 9.51. The van der Waals surface area contributed by atoms with Gasteiger partial charge in [-0.25, -0.2) is 0 Å². The van der Waals surface area contributed by atoms with E-state index in [1.165, 1.54) is 0 Å². The molecule has 0 spiro atoms. The molecular weight excluding hydrogens is 246 g/mol. The van der Waals surface area contributed by atoms with Crippen LogP contribution >= 0.6 is 11.6 Å². The van der Waals surface area contributed by atoms with E-state index in [1.54, 1.807) is 0 Å². The summed E-state index contributed by atoms with van der Waals surface area (Å²) in [6.07, 6.45) is 2.83. The van der Waals surface area contributed by atoms with Gasteiger partial charge in [0.1, 0.15) is 0 Å². The molecule has 0 unspecified atom stereocenters. The molecule has 0 aliphatic heterocycles. The van der Waals surface area contributed by atoms with Crippen molar-refractivity contribution >= 4 is 23.4 Å². The number of nitrogens with zero attached hydrogens (tertiary/aromatic N) is 1. The minimum Gasteiger partial charge on any atom is -0.316 e. The van der Waals surface area contributed by atoms with Gasteiger partial charge in [-0.15, -0.1) is 0 Å². The largest absolute Gasteiger partial charge is 0.316 e. The van der Waals surface area contributed by atoms with E-state index in [-0.39, 0.29) is 0 Å². The van der Waals surface area contributed by atoms with Crippen molar-refractivity contribution in [2.45, 2.75) is 0 Å².